The molecule has 0 aliphatic heterocycles. The number of carbonyl (C=O) groups is 4. The lowest BCUT2D eigenvalue weighted by atomic mass is 9.62. The fourth-order valence-electron chi connectivity index (χ4n) is 12.4. The van der Waals surface area contributed by atoms with Gasteiger partial charge in [0.2, 0.25) is 0 Å². The highest BCUT2D eigenvalue weighted by molar-refractivity contribution is 5.54. The molecule has 4 N–H and O–H groups in total. The van der Waals surface area contributed by atoms with E-state index in [9.17, 15) is 39.6 Å². The van der Waals surface area contributed by atoms with E-state index in [1.54, 1.807) is 0 Å². The maximum absolute atomic E-state index is 13.6. The van der Waals surface area contributed by atoms with Gasteiger partial charge in [-0.2, -0.15) is 0 Å². The molecule has 0 radical (unpaired) electrons. The first-order valence-electron chi connectivity index (χ1n) is 30.5. The molecule has 4 unspecified atom stereocenters. The van der Waals surface area contributed by atoms with Crippen molar-refractivity contribution in [1.82, 2.24) is 0 Å². The topological polar surface area (TPSA) is 186 Å². The van der Waals surface area contributed by atoms with Crippen molar-refractivity contribution < 1.29 is 58.6 Å². The molecule has 0 saturated carbocycles. The molecular weight excluding hydrogens is 1070 g/mol. The highest BCUT2D eigenvalue weighted by Crippen LogP contribution is 2.51. The zero-order valence-corrected chi connectivity index (χ0v) is 56.4. The van der Waals surface area contributed by atoms with Gasteiger partial charge in [-0.25, -0.2) is 0 Å². The Balaban J connectivity index is 2.28. The van der Waals surface area contributed by atoms with Gasteiger partial charge in [0.05, 0.1) is 0 Å². The molecule has 0 bridgehead atoms. The molecule has 0 aromatic heterocycles. The summed E-state index contributed by atoms with van der Waals surface area (Å²) < 4.78 is 26.0. The van der Waals surface area contributed by atoms with Gasteiger partial charge < -0.3 is 39.4 Å². The third-order valence-corrected chi connectivity index (χ3v) is 17.0. The number of phenolic OH excluding ortho intramolecular Hbond substituents is 4. The van der Waals surface area contributed by atoms with Crippen LogP contribution in [0.1, 0.15) is 259 Å². The van der Waals surface area contributed by atoms with Crippen LogP contribution in [0.5, 0.6) is 23.0 Å². The monoisotopic (exact) mass is 1180 g/mol. The van der Waals surface area contributed by atoms with E-state index < -0.39 is 73.2 Å². The van der Waals surface area contributed by atoms with Crippen LogP contribution in [0.4, 0.5) is 0 Å². The van der Waals surface area contributed by atoms with Crippen molar-refractivity contribution in [2.45, 2.75) is 285 Å². The van der Waals surface area contributed by atoms with Crippen LogP contribution in [0.3, 0.4) is 0 Å². The number of ether oxygens (including phenoxy) is 4. The van der Waals surface area contributed by atoms with Crippen LogP contribution < -0.4 is 0 Å². The Labute approximate surface area is 511 Å². The first-order chi connectivity index (χ1) is 38.7. The Bertz CT molecular complexity index is 2420. The molecule has 0 aliphatic carbocycles. The number of hydrogen-bond donors (Lipinski definition) is 4. The van der Waals surface area contributed by atoms with Gasteiger partial charge in [0.25, 0.3) is 25.9 Å². The smallest absolute Gasteiger partial charge is 0.293 e. The Hall–Kier alpha value is -6.04. The number of aromatic hydroxyl groups is 4. The third-order valence-electron chi connectivity index (χ3n) is 17.0. The number of rotatable bonds is 24. The van der Waals surface area contributed by atoms with E-state index in [2.05, 4.69) is 0 Å². The van der Waals surface area contributed by atoms with E-state index in [1.807, 2.05) is 215 Å². The molecule has 12 nitrogen and oxygen atoms in total. The van der Waals surface area contributed by atoms with Crippen molar-refractivity contribution in [1.29, 1.82) is 0 Å². The molecule has 4 aromatic carbocycles. The van der Waals surface area contributed by atoms with Crippen LogP contribution in [-0.2, 0) is 107 Å². The van der Waals surface area contributed by atoms with E-state index in [0.717, 1.165) is 66.8 Å². The number of phenols is 4. The maximum atomic E-state index is 13.6. The van der Waals surface area contributed by atoms with Crippen LogP contribution in [0.2, 0.25) is 0 Å². The minimum atomic E-state index is -1.90. The molecule has 0 amide bonds. The van der Waals surface area contributed by atoms with E-state index in [-0.39, 0.29) is 74.4 Å². The Morgan fingerprint density at radius 1 is 0.282 bits per heavy atom. The molecule has 0 heterocycles. The number of hydrogen-bond acceptors (Lipinski definition) is 12. The van der Waals surface area contributed by atoms with Crippen LogP contribution in [-0.4, -0.2) is 70.7 Å². The molecule has 85 heavy (non-hydrogen) atoms. The van der Waals surface area contributed by atoms with Gasteiger partial charge in [-0.05, 0) is 161 Å². The van der Waals surface area contributed by atoms with Gasteiger partial charge in [-0.1, -0.05) is 215 Å². The SMILES string of the molecule is CC(C)(C)c1cc(CCC(OC=O)C(C(CCc2cc(C(C)(C)C)c(O)c(C(C)(C)C)c2)OC=O)(C(CCc2cc(C(C)(C)C)c(O)c(C(C)(C)C)c2)OC=O)C(CCc2cc(C(C)(C)C)c(O)c(C(C)(C)C)c2)OC=O)cc(C(C)(C)C)c1O. The molecule has 472 valence electrons. The maximum Gasteiger partial charge on any atom is 0.293 e. The summed E-state index contributed by atoms with van der Waals surface area (Å²) in [6, 6.07) is 15.7. The molecule has 0 fully saturated rings. The number of aryl methyl sites for hydroxylation is 4. The van der Waals surface area contributed by atoms with Gasteiger partial charge in [-0.3, -0.25) is 19.2 Å². The van der Waals surface area contributed by atoms with Crippen molar-refractivity contribution in [2.75, 3.05) is 0 Å². The van der Waals surface area contributed by atoms with Crippen LogP contribution in [0, 0.1) is 5.41 Å². The zero-order chi connectivity index (χ0) is 65.0. The number of benzene rings is 4. The molecule has 4 rings (SSSR count). The zero-order valence-electron chi connectivity index (χ0n) is 56.4. The predicted octanol–water partition coefficient (Wildman–Crippen LogP) is 15.9. The van der Waals surface area contributed by atoms with Crippen molar-refractivity contribution in [3.05, 3.63) is 115 Å². The van der Waals surface area contributed by atoms with Gasteiger partial charge in [0, 0.05) is 0 Å². The second kappa shape index (κ2) is 26.5. The van der Waals surface area contributed by atoms with Crippen LogP contribution >= 0.6 is 0 Å². The highest BCUT2D eigenvalue weighted by Gasteiger charge is 2.61. The average Bonchev–Trinajstić information content (AvgIpc) is 1.11. The molecular formula is C73H108O12. The van der Waals surface area contributed by atoms with Gasteiger partial charge in [-0.15, -0.1) is 0 Å². The van der Waals surface area contributed by atoms with Gasteiger partial charge in [0.1, 0.15) is 52.8 Å². The lowest BCUT2D eigenvalue weighted by Gasteiger charge is -2.51. The van der Waals surface area contributed by atoms with Crippen LogP contribution in [0.25, 0.3) is 0 Å². The molecule has 4 aromatic rings. The minimum absolute atomic E-state index is 0.0253. The average molecular weight is 1180 g/mol. The first-order valence-corrected chi connectivity index (χ1v) is 30.5. The molecule has 0 saturated heterocycles. The second-order valence-electron chi connectivity index (χ2n) is 32.2. The van der Waals surface area contributed by atoms with E-state index in [1.165, 1.54) is 0 Å². The summed E-state index contributed by atoms with van der Waals surface area (Å²) in [5.41, 5.74) is 3.14. The summed E-state index contributed by atoms with van der Waals surface area (Å²) in [6.45, 7) is 50.0. The quantitative estimate of drug-likeness (QED) is 0.0385. The fourth-order valence-corrected chi connectivity index (χ4v) is 12.4. The summed E-state index contributed by atoms with van der Waals surface area (Å²) in [5, 5.41) is 47.5. The summed E-state index contributed by atoms with van der Waals surface area (Å²) in [4.78, 5) is 54.4. The molecule has 12 heteroatoms. The Morgan fingerprint density at radius 2 is 0.412 bits per heavy atom. The normalized spacial score (nSPS) is 15.2. The van der Waals surface area contributed by atoms with Gasteiger partial charge in [0.15, 0.2) is 0 Å². The van der Waals surface area contributed by atoms with E-state index in [4.69, 9.17) is 18.9 Å². The van der Waals surface area contributed by atoms with Crippen molar-refractivity contribution in [3.63, 3.8) is 0 Å². The molecule has 0 aliphatic rings. The lowest BCUT2D eigenvalue weighted by molar-refractivity contribution is -0.223. The molecule has 0 spiro atoms. The summed E-state index contributed by atoms with van der Waals surface area (Å²) in [5.74, 6) is 0.750. The number of carbonyl (C=O) groups excluding carboxylic acids is 4. The predicted molar refractivity (Wildman–Crippen MR) is 341 cm³/mol. The molecule has 4 atom stereocenters. The third kappa shape index (κ3) is 17.1. The fraction of sp³-hybridized carbons (Fsp3) is 0.616. The standard InChI is InChI=1S/C73H108O12/c1-65(2,3)49-33-45(34-50(61(49)78)66(4,5)6)25-29-57(82-41-74)73(58(83-42-75)30-26-46-35-51(67(7,8)9)62(79)52(36-46)68(10,11)12,59(84-43-76)31-27-47-37-53(69(13,14)15)63(80)54(38-47)70(16,17)18)60(85-44-77)32-28-48-39-55(71(19,20)21)64(81)56(40-48)72(22,23)24/h33-44,57-60,78-81H,25-32H2,1-24H3. The first kappa shape index (κ1) is 71.4. The van der Waals surface area contributed by atoms with E-state index >= 15 is 0 Å². The summed E-state index contributed by atoms with van der Waals surface area (Å²) in [7, 11) is 0. The minimum Gasteiger partial charge on any atom is -0.507 e. The Morgan fingerprint density at radius 3 is 0.518 bits per heavy atom. The van der Waals surface area contributed by atoms with Crippen molar-refractivity contribution >= 4 is 25.9 Å². The summed E-state index contributed by atoms with van der Waals surface area (Å²) >= 11 is 0. The Kier molecular flexibility index (Phi) is 22.3. The van der Waals surface area contributed by atoms with E-state index in [0.29, 0.717) is 25.9 Å². The van der Waals surface area contributed by atoms with Crippen molar-refractivity contribution in [2.24, 2.45) is 5.41 Å². The van der Waals surface area contributed by atoms with Crippen LogP contribution in [0.15, 0.2) is 48.5 Å². The lowest BCUT2D eigenvalue weighted by Crippen LogP contribution is -2.63. The highest BCUT2D eigenvalue weighted by atomic mass is 16.6. The van der Waals surface area contributed by atoms with Crippen molar-refractivity contribution in [3.8, 4) is 23.0 Å². The van der Waals surface area contributed by atoms with Gasteiger partial charge >= 0.3 is 0 Å². The largest absolute Gasteiger partial charge is 0.507 e. The summed E-state index contributed by atoms with van der Waals surface area (Å²) in [6.07, 6.45) is -4.28. The second-order valence-corrected chi connectivity index (χ2v) is 32.2.